The monoisotopic (exact) mass is 279 g/mol. The van der Waals surface area contributed by atoms with Gasteiger partial charge in [0.05, 0.1) is 17.1 Å². The smallest absolute Gasteiger partial charge is 0.333 e. The van der Waals surface area contributed by atoms with Gasteiger partial charge in [-0.2, -0.15) is 0 Å². The van der Waals surface area contributed by atoms with Gasteiger partial charge in [0.1, 0.15) is 5.69 Å². The van der Waals surface area contributed by atoms with E-state index in [0.29, 0.717) is 18.7 Å². The zero-order chi connectivity index (χ0) is 14.7. The van der Waals surface area contributed by atoms with Crippen molar-refractivity contribution in [2.45, 2.75) is 32.4 Å². The number of ether oxygens (including phenoxy) is 1. The van der Waals surface area contributed by atoms with Gasteiger partial charge >= 0.3 is 5.69 Å². The lowest BCUT2D eigenvalue weighted by Crippen LogP contribution is -2.23. The number of amides is 1. The van der Waals surface area contributed by atoms with E-state index in [4.69, 9.17) is 4.74 Å². The molecule has 1 heterocycles. The Balaban J connectivity index is 2.27. The SMILES string of the molecule is CC(C)Oc1cccc(NC2CNC(=O)C2)c1[N+](=O)[O-]. The fourth-order valence-corrected chi connectivity index (χ4v) is 2.10. The van der Waals surface area contributed by atoms with E-state index in [1.165, 1.54) is 0 Å². The largest absolute Gasteiger partial charge is 0.484 e. The quantitative estimate of drug-likeness (QED) is 0.632. The van der Waals surface area contributed by atoms with Gasteiger partial charge in [0.15, 0.2) is 5.75 Å². The zero-order valence-electron chi connectivity index (χ0n) is 11.4. The Morgan fingerprint density at radius 3 is 2.80 bits per heavy atom. The van der Waals surface area contributed by atoms with Crippen LogP contribution in [-0.2, 0) is 4.79 Å². The molecule has 7 heteroatoms. The van der Waals surface area contributed by atoms with E-state index < -0.39 is 4.92 Å². The summed E-state index contributed by atoms with van der Waals surface area (Å²) in [6.07, 6.45) is 0.158. The third-order valence-corrected chi connectivity index (χ3v) is 2.88. The van der Waals surface area contributed by atoms with Gasteiger partial charge in [0.25, 0.3) is 0 Å². The number of hydrogen-bond acceptors (Lipinski definition) is 5. The molecule has 0 radical (unpaired) electrons. The molecule has 0 bridgehead atoms. The number of nitro groups is 1. The molecule has 1 aliphatic heterocycles. The average Bonchev–Trinajstić information content (AvgIpc) is 2.73. The highest BCUT2D eigenvalue weighted by atomic mass is 16.6. The molecule has 0 spiro atoms. The molecule has 2 N–H and O–H groups in total. The molecule has 2 rings (SSSR count). The number of nitro benzene ring substituents is 1. The molecule has 1 amide bonds. The molecule has 1 atom stereocenters. The minimum absolute atomic E-state index is 0.0558. The summed E-state index contributed by atoms with van der Waals surface area (Å²) in [5, 5.41) is 17.0. The van der Waals surface area contributed by atoms with Gasteiger partial charge in [-0.25, -0.2) is 0 Å². The summed E-state index contributed by atoms with van der Waals surface area (Å²) < 4.78 is 5.47. The van der Waals surface area contributed by atoms with Crippen LogP contribution in [0.25, 0.3) is 0 Å². The van der Waals surface area contributed by atoms with Crippen LogP contribution in [0.1, 0.15) is 20.3 Å². The van der Waals surface area contributed by atoms with Crippen LogP contribution < -0.4 is 15.4 Å². The number of benzene rings is 1. The highest BCUT2D eigenvalue weighted by molar-refractivity contribution is 5.80. The molecule has 108 valence electrons. The van der Waals surface area contributed by atoms with Crippen LogP contribution in [0.5, 0.6) is 5.75 Å². The van der Waals surface area contributed by atoms with E-state index in [1.807, 2.05) is 13.8 Å². The van der Waals surface area contributed by atoms with Crippen molar-refractivity contribution < 1.29 is 14.5 Å². The fourth-order valence-electron chi connectivity index (χ4n) is 2.10. The summed E-state index contributed by atoms with van der Waals surface area (Å²) in [5.41, 5.74) is 0.273. The van der Waals surface area contributed by atoms with Crippen LogP contribution >= 0.6 is 0 Å². The Morgan fingerprint density at radius 2 is 2.25 bits per heavy atom. The predicted molar refractivity (Wildman–Crippen MR) is 73.9 cm³/mol. The maximum Gasteiger partial charge on any atom is 0.333 e. The first kappa shape index (κ1) is 14.1. The second-order valence-corrected chi connectivity index (χ2v) is 4.93. The molecular weight excluding hydrogens is 262 g/mol. The number of anilines is 1. The van der Waals surface area contributed by atoms with E-state index in [1.54, 1.807) is 18.2 Å². The third-order valence-electron chi connectivity index (χ3n) is 2.88. The van der Waals surface area contributed by atoms with Crippen molar-refractivity contribution in [2.24, 2.45) is 0 Å². The Morgan fingerprint density at radius 1 is 1.50 bits per heavy atom. The van der Waals surface area contributed by atoms with Gasteiger partial charge in [-0.3, -0.25) is 14.9 Å². The lowest BCUT2D eigenvalue weighted by atomic mass is 10.2. The number of hydrogen-bond donors (Lipinski definition) is 2. The van der Waals surface area contributed by atoms with Crippen molar-refractivity contribution in [3.63, 3.8) is 0 Å². The first-order valence-electron chi connectivity index (χ1n) is 6.44. The van der Waals surface area contributed by atoms with Crippen LogP contribution in [0.4, 0.5) is 11.4 Å². The summed E-state index contributed by atoms with van der Waals surface area (Å²) >= 11 is 0. The summed E-state index contributed by atoms with van der Waals surface area (Å²) in [4.78, 5) is 22.0. The summed E-state index contributed by atoms with van der Waals surface area (Å²) in [7, 11) is 0. The predicted octanol–water partition coefficient (Wildman–Crippen LogP) is 1.68. The molecule has 0 aliphatic carbocycles. The topological polar surface area (TPSA) is 93.5 Å². The second-order valence-electron chi connectivity index (χ2n) is 4.93. The van der Waals surface area contributed by atoms with Crippen LogP contribution in [0.15, 0.2) is 18.2 Å². The Hall–Kier alpha value is -2.31. The van der Waals surface area contributed by atoms with Gasteiger partial charge in [-0.1, -0.05) is 6.07 Å². The number of nitrogens with zero attached hydrogens (tertiary/aromatic N) is 1. The van der Waals surface area contributed by atoms with Gasteiger partial charge in [-0.15, -0.1) is 0 Å². The first-order chi connectivity index (χ1) is 9.47. The first-order valence-corrected chi connectivity index (χ1v) is 6.44. The summed E-state index contributed by atoms with van der Waals surface area (Å²) in [6, 6.07) is 4.74. The number of rotatable bonds is 5. The maximum absolute atomic E-state index is 11.3. The number of carbonyl (C=O) groups is 1. The molecule has 1 saturated heterocycles. The molecule has 1 unspecified atom stereocenters. The Kier molecular flexibility index (Phi) is 4.07. The molecule has 1 aliphatic rings. The number of para-hydroxylation sites is 1. The van der Waals surface area contributed by atoms with Crippen molar-refractivity contribution in [1.29, 1.82) is 0 Å². The fraction of sp³-hybridized carbons (Fsp3) is 0.462. The second kappa shape index (κ2) is 5.77. The van der Waals surface area contributed by atoms with Crippen molar-refractivity contribution in [2.75, 3.05) is 11.9 Å². The molecular formula is C13H17N3O4. The number of nitrogens with one attached hydrogen (secondary N) is 2. The minimum Gasteiger partial charge on any atom is -0.484 e. The van der Waals surface area contributed by atoms with Crippen molar-refractivity contribution in [1.82, 2.24) is 5.32 Å². The van der Waals surface area contributed by atoms with Crippen LogP contribution in [0.3, 0.4) is 0 Å². The van der Waals surface area contributed by atoms with Crippen LogP contribution in [0, 0.1) is 10.1 Å². The molecule has 1 aromatic rings. The third kappa shape index (κ3) is 3.17. The Bertz CT molecular complexity index is 530. The molecule has 1 aromatic carbocycles. The highest BCUT2D eigenvalue weighted by Gasteiger charge is 2.27. The standard InChI is InChI=1S/C13H17N3O4/c1-8(2)20-11-5-3-4-10(13(11)16(18)19)15-9-6-12(17)14-7-9/h3-5,8-9,15H,6-7H2,1-2H3,(H,14,17). The average molecular weight is 279 g/mol. The molecule has 7 nitrogen and oxygen atoms in total. The van der Waals surface area contributed by atoms with Gasteiger partial charge in [0, 0.05) is 13.0 Å². The lowest BCUT2D eigenvalue weighted by molar-refractivity contribution is -0.385. The molecule has 0 aromatic heterocycles. The van der Waals surface area contributed by atoms with Crippen molar-refractivity contribution >= 4 is 17.3 Å². The molecule has 0 saturated carbocycles. The van der Waals surface area contributed by atoms with Crippen molar-refractivity contribution in [3.8, 4) is 5.75 Å². The van der Waals surface area contributed by atoms with E-state index >= 15 is 0 Å². The number of carbonyl (C=O) groups excluding carboxylic acids is 1. The van der Waals surface area contributed by atoms with Crippen LogP contribution in [-0.4, -0.2) is 29.5 Å². The summed E-state index contributed by atoms with van der Waals surface area (Å²) in [6.45, 7) is 4.08. The Labute approximate surface area is 116 Å². The van der Waals surface area contributed by atoms with E-state index in [0.717, 1.165) is 0 Å². The van der Waals surface area contributed by atoms with Gasteiger partial charge in [-0.05, 0) is 26.0 Å². The van der Waals surface area contributed by atoms with E-state index in [9.17, 15) is 14.9 Å². The van der Waals surface area contributed by atoms with Crippen molar-refractivity contribution in [3.05, 3.63) is 28.3 Å². The van der Waals surface area contributed by atoms with Crippen LogP contribution in [0.2, 0.25) is 0 Å². The van der Waals surface area contributed by atoms with Gasteiger partial charge in [0.2, 0.25) is 5.91 Å². The summed E-state index contributed by atoms with van der Waals surface area (Å²) in [5.74, 6) is 0.173. The molecule has 1 fully saturated rings. The van der Waals surface area contributed by atoms with E-state index in [2.05, 4.69) is 10.6 Å². The maximum atomic E-state index is 11.3. The highest BCUT2D eigenvalue weighted by Crippen LogP contribution is 2.36. The van der Waals surface area contributed by atoms with E-state index in [-0.39, 0.29) is 29.5 Å². The van der Waals surface area contributed by atoms with Gasteiger partial charge < -0.3 is 15.4 Å². The minimum atomic E-state index is -0.468. The zero-order valence-corrected chi connectivity index (χ0v) is 11.4. The molecule has 20 heavy (non-hydrogen) atoms. The normalized spacial score (nSPS) is 17.9. The lowest BCUT2D eigenvalue weighted by Gasteiger charge is -2.15.